The first-order valence-corrected chi connectivity index (χ1v) is 9.75. The summed E-state index contributed by atoms with van der Waals surface area (Å²) in [5.41, 5.74) is 4.12. The van der Waals surface area contributed by atoms with Gasteiger partial charge in [-0.1, -0.05) is 35.3 Å². The lowest BCUT2D eigenvalue weighted by atomic mass is 9.92. The maximum atomic E-state index is 10.0. The van der Waals surface area contributed by atoms with E-state index in [0.29, 0.717) is 22.7 Å². The van der Waals surface area contributed by atoms with E-state index >= 15 is 0 Å². The highest BCUT2D eigenvalue weighted by molar-refractivity contribution is 6.35. The Morgan fingerprint density at radius 1 is 1.23 bits per heavy atom. The molecular weight excluding hydrogens is 369 g/mol. The Labute approximate surface area is 164 Å². The van der Waals surface area contributed by atoms with Crippen molar-refractivity contribution in [1.82, 2.24) is 4.90 Å². The number of hydrogen-bond donors (Lipinski definition) is 1. The van der Waals surface area contributed by atoms with Gasteiger partial charge in [-0.15, -0.1) is 0 Å². The zero-order chi connectivity index (χ0) is 18.5. The van der Waals surface area contributed by atoms with Crippen molar-refractivity contribution in [2.24, 2.45) is 0 Å². The summed E-state index contributed by atoms with van der Waals surface area (Å²) in [7, 11) is 0. The van der Waals surface area contributed by atoms with Crippen molar-refractivity contribution in [3.8, 4) is 5.75 Å². The number of benzene rings is 2. The molecule has 1 aliphatic heterocycles. The molecule has 0 saturated carbocycles. The van der Waals surface area contributed by atoms with Gasteiger partial charge < -0.3 is 9.84 Å². The highest BCUT2D eigenvalue weighted by Crippen LogP contribution is 2.42. The van der Waals surface area contributed by atoms with Gasteiger partial charge in [-0.25, -0.2) is 0 Å². The molecule has 1 fully saturated rings. The molecule has 1 saturated heterocycles. The maximum Gasteiger partial charge on any atom is 0.123 e. The molecule has 3 nitrogen and oxygen atoms in total. The minimum absolute atomic E-state index is 0.358. The van der Waals surface area contributed by atoms with Crippen molar-refractivity contribution in [2.45, 2.75) is 44.9 Å². The zero-order valence-corrected chi connectivity index (χ0v) is 16.6. The van der Waals surface area contributed by atoms with Gasteiger partial charge in [-0.05, 0) is 61.6 Å². The molecule has 2 aromatic carbocycles. The summed E-state index contributed by atoms with van der Waals surface area (Å²) >= 11 is 12.5. The van der Waals surface area contributed by atoms with Crippen LogP contribution in [-0.4, -0.2) is 28.7 Å². The van der Waals surface area contributed by atoms with E-state index < -0.39 is 5.60 Å². The van der Waals surface area contributed by atoms with Crippen LogP contribution in [0.2, 0.25) is 10.0 Å². The number of fused-ring (bicyclic) bond motifs is 1. The lowest BCUT2D eigenvalue weighted by Gasteiger charge is -2.47. The summed E-state index contributed by atoms with van der Waals surface area (Å²) < 4.78 is 6.06. The lowest BCUT2D eigenvalue weighted by Crippen LogP contribution is -2.60. The molecule has 1 N–H and O–H groups in total. The third kappa shape index (κ3) is 3.34. The average molecular weight is 392 g/mol. The molecule has 5 heteroatoms. The average Bonchev–Trinajstić information content (AvgIpc) is 2.94. The van der Waals surface area contributed by atoms with E-state index in [1.54, 1.807) is 0 Å². The van der Waals surface area contributed by atoms with E-state index in [0.717, 1.165) is 42.8 Å². The first kappa shape index (κ1) is 18.1. The topological polar surface area (TPSA) is 32.7 Å². The van der Waals surface area contributed by atoms with Crippen LogP contribution in [0, 0.1) is 6.92 Å². The molecule has 26 heavy (non-hydrogen) atoms. The van der Waals surface area contributed by atoms with Crippen molar-refractivity contribution in [1.29, 1.82) is 0 Å². The number of likely N-dealkylation sites (tertiary alicyclic amines) is 1. The van der Waals surface area contributed by atoms with E-state index in [1.807, 2.05) is 25.1 Å². The number of aliphatic hydroxyl groups is 1. The van der Waals surface area contributed by atoms with Gasteiger partial charge in [-0.2, -0.15) is 0 Å². The molecule has 0 spiro atoms. The third-order valence-electron chi connectivity index (χ3n) is 5.44. The Hall–Kier alpha value is -1.26. The molecule has 2 aliphatic rings. The molecular formula is C21H23Cl2NO2. The molecule has 1 aliphatic carbocycles. The van der Waals surface area contributed by atoms with Gasteiger partial charge in [0.2, 0.25) is 0 Å². The molecule has 138 valence electrons. The summed E-state index contributed by atoms with van der Waals surface area (Å²) in [6, 6.07) is 10.3. The Bertz CT molecular complexity index is 822. The monoisotopic (exact) mass is 391 g/mol. The van der Waals surface area contributed by atoms with E-state index in [1.165, 1.54) is 11.1 Å². The minimum Gasteiger partial charge on any atom is -0.489 e. The predicted molar refractivity (Wildman–Crippen MR) is 105 cm³/mol. The number of ether oxygens (including phenoxy) is 1. The van der Waals surface area contributed by atoms with Gasteiger partial charge in [0.15, 0.2) is 0 Å². The molecule has 0 amide bonds. The number of hydrogen-bond acceptors (Lipinski definition) is 3. The second kappa shape index (κ2) is 6.72. The number of halogens is 2. The van der Waals surface area contributed by atoms with Gasteiger partial charge in [0.1, 0.15) is 12.4 Å². The summed E-state index contributed by atoms with van der Waals surface area (Å²) in [4.78, 5) is 2.37. The number of β-amino-alcohol motifs (C(OH)–C–C–N with tert-alkyl or cyclic N) is 1. The van der Waals surface area contributed by atoms with Gasteiger partial charge in [0.05, 0.1) is 5.60 Å². The summed E-state index contributed by atoms with van der Waals surface area (Å²) in [6.07, 6.45) is 2.15. The molecule has 1 heterocycles. The van der Waals surface area contributed by atoms with Crippen LogP contribution in [-0.2, 0) is 13.0 Å². The number of nitrogens with zero attached hydrogens (tertiary/aromatic N) is 1. The molecule has 0 radical (unpaired) electrons. The standard InChI is InChI=1S/C21H23Cl2NO2/c1-13-8-15-14(6-7-19(15)24-11-21(2,25)12-24)9-20(13)26-10-16-17(22)4-3-5-18(16)23/h3-5,8-9,19,25H,6-7,10-12H2,1-2H3. The maximum absolute atomic E-state index is 10.0. The molecule has 0 aromatic heterocycles. The highest BCUT2D eigenvalue weighted by Gasteiger charge is 2.42. The van der Waals surface area contributed by atoms with Crippen LogP contribution in [0.4, 0.5) is 0 Å². The smallest absolute Gasteiger partial charge is 0.123 e. The van der Waals surface area contributed by atoms with E-state index in [2.05, 4.69) is 24.0 Å². The molecule has 0 bridgehead atoms. The first-order chi connectivity index (χ1) is 12.3. The van der Waals surface area contributed by atoms with Crippen molar-refractivity contribution in [2.75, 3.05) is 13.1 Å². The van der Waals surface area contributed by atoms with E-state index in [9.17, 15) is 5.11 Å². The second-order valence-corrected chi connectivity index (χ2v) is 8.58. The Kier molecular flexibility index (Phi) is 4.68. The van der Waals surface area contributed by atoms with Gasteiger partial charge in [0, 0.05) is 34.7 Å². The van der Waals surface area contributed by atoms with Crippen LogP contribution in [0.3, 0.4) is 0 Å². The third-order valence-corrected chi connectivity index (χ3v) is 6.15. The SMILES string of the molecule is Cc1cc2c(cc1OCc1c(Cl)cccc1Cl)CCC2N1CC(C)(O)C1. The quantitative estimate of drug-likeness (QED) is 0.801. The van der Waals surface area contributed by atoms with Gasteiger partial charge in [0.25, 0.3) is 0 Å². The second-order valence-electron chi connectivity index (χ2n) is 7.76. The first-order valence-electron chi connectivity index (χ1n) is 8.99. The van der Waals surface area contributed by atoms with E-state index in [-0.39, 0.29) is 0 Å². The predicted octanol–water partition coefficient (Wildman–Crippen LogP) is 4.93. The summed E-state index contributed by atoms with van der Waals surface area (Å²) in [5.74, 6) is 0.885. The van der Waals surface area contributed by atoms with Crippen LogP contribution in [0.15, 0.2) is 30.3 Å². The van der Waals surface area contributed by atoms with Crippen LogP contribution in [0.5, 0.6) is 5.75 Å². The summed E-state index contributed by atoms with van der Waals surface area (Å²) in [6.45, 7) is 5.84. The van der Waals surface area contributed by atoms with E-state index in [4.69, 9.17) is 27.9 Å². The molecule has 2 aromatic rings. The zero-order valence-electron chi connectivity index (χ0n) is 15.1. The van der Waals surface area contributed by atoms with Gasteiger partial charge in [-0.3, -0.25) is 4.90 Å². The normalized spacial score (nSPS) is 21.3. The highest BCUT2D eigenvalue weighted by atomic mass is 35.5. The fourth-order valence-electron chi connectivity index (χ4n) is 4.13. The Balaban J connectivity index is 1.51. The van der Waals surface area contributed by atoms with Crippen LogP contribution in [0.1, 0.15) is 41.6 Å². The molecule has 1 atom stereocenters. The lowest BCUT2D eigenvalue weighted by molar-refractivity contribution is -0.103. The van der Waals surface area contributed by atoms with Crippen molar-refractivity contribution >= 4 is 23.2 Å². The Morgan fingerprint density at radius 2 is 1.92 bits per heavy atom. The minimum atomic E-state index is -0.533. The van der Waals surface area contributed by atoms with Crippen molar-refractivity contribution in [3.63, 3.8) is 0 Å². The summed E-state index contributed by atoms with van der Waals surface area (Å²) in [5, 5.41) is 11.3. The number of rotatable bonds is 4. The fraction of sp³-hybridized carbons (Fsp3) is 0.429. The van der Waals surface area contributed by atoms with Crippen molar-refractivity contribution < 1.29 is 9.84 Å². The fourth-order valence-corrected chi connectivity index (χ4v) is 4.64. The van der Waals surface area contributed by atoms with Crippen LogP contribution >= 0.6 is 23.2 Å². The molecule has 1 unspecified atom stereocenters. The molecule has 4 rings (SSSR count). The Morgan fingerprint density at radius 3 is 2.58 bits per heavy atom. The largest absolute Gasteiger partial charge is 0.489 e. The number of aryl methyl sites for hydroxylation is 2. The van der Waals surface area contributed by atoms with Gasteiger partial charge >= 0.3 is 0 Å². The van der Waals surface area contributed by atoms with Crippen LogP contribution in [0.25, 0.3) is 0 Å². The van der Waals surface area contributed by atoms with Crippen LogP contribution < -0.4 is 4.74 Å². The van der Waals surface area contributed by atoms with Crippen molar-refractivity contribution in [3.05, 3.63) is 62.6 Å².